The molecule has 1 aliphatic rings. The summed E-state index contributed by atoms with van der Waals surface area (Å²) in [6.45, 7) is 0. The first-order valence-corrected chi connectivity index (χ1v) is 6.05. The smallest absolute Gasteiger partial charge is 0.272 e. The van der Waals surface area contributed by atoms with Gasteiger partial charge in [0.25, 0.3) is 5.91 Å². The summed E-state index contributed by atoms with van der Waals surface area (Å²) in [7, 11) is 1.76. The Labute approximate surface area is 111 Å². The summed E-state index contributed by atoms with van der Waals surface area (Å²) >= 11 is 0. The third-order valence-corrected chi connectivity index (χ3v) is 3.27. The molecule has 0 aromatic heterocycles. The average molecular weight is 254 g/mol. The first-order valence-electron chi connectivity index (χ1n) is 6.05. The van der Waals surface area contributed by atoms with Crippen molar-refractivity contribution in [2.45, 2.75) is 6.10 Å². The van der Waals surface area contributed by atoms with Gasteiger partial charge in [-0.25, -0.2) is 0 Å². The molecule has 1 heterocycles. The maximum Gasteiger partial charge on any atom is 0.272 e. The highest BCUT2D eigenvalue weighted by molar-refractivity contribution is 6.00. The summed E-state index contributed by atoms with van der Waals surface area (Å²) in [4.78, 5) is 14.0. The van der Waals surface area contributed by atoms with Gasteiger partial charge in [0.1, 0.15) is 5.75 Å². The second-order valence-corrected chi connectivity index (χ2v) is 4.53. The largest absolute Gasteiger partial charge is 0.474 e. The van der Waals surface area contributed by atoms with Crippen molar-refractivity contribution >= 4 is 17.3 Å². The zero-order chi connectivity index (χ0) is 13.4. The summed E-state index contributed by atoms with van der Waals surface area (Å²) < 4.78 is 5.81. The molecule has 96 valence electrons. The molecule has 0 saturated carbocycles. The van der Waals surface area contributed by atoms with Crippen LogP contribution < -0.4 is 15.4 Å². The molecule has 0 saturated heterocycles. The topological polar surface area (TPSA) is 55.6 Å². The van der Waals surface area contributed by atoms with E-state index in [4.69, 9.17) is 10.5 Å². The van der Waals surface area contributed by atoms with Crippen molar-refractivity contribution in [2.75, 3.05) is 17.7 Å². The molecule has 2 aromatic rings. The second-order valence-electron chi connectivity index (χ2n) is 4.53. The van der Waals surface area contributed by atoms with Crippen LogP contribution in [0.4, 0.5) is 11.4 Å². The van der Waals surface area contributed by atoms with Crippen LogP contribution in [0.3, 0.4) is 0 Å². The van der Waals surface area contributed by atoms with Crippen LogP contribution >= 0.6 is 0 Å². The maximum absolute atomic E-state index is 12.3. The number of nitrogens with zero attached hydrogens (tertiary/aromatic N) is 1. The Kier molecular flexibility index (Phi) is 2.63. The predicted octanol–water partition coefficient (Wildman–Crippen LogP) is 2.37. The molecule has 1 aliphatic heterocycles. The number of benzene rings is 2. The minimum atomic E-state index is -0.611. The molecule has 0 bridgehead atoms. The molecule has 0 fully saturated rings. The van der Waals surface area contributed by atoms with E-state index in [-0.39, 0.29) is 5.91 Å². The van der Waals surface area contributed by atoms with Crippen LogP contribution in [-0.2, 0) is 4.79 Å². The Balaban J connectivity index is 2.01. The number of ether oxygens (including phenoxy) is 1. The number of anilines is 2. The summed E-state index contributed by atoms with van der Waals surface area (Å²) in [5.41, 5.74) is 7.92. The molecule has 19 heavy (non-hydrogen) atoms. The zero-order valence-electron chi connectivity index (χ0n) is 10.5. The molecule has 1 amide bonds. The fourth-order valence-corrected chi connectivity index (χ4v) is 2.19. The number of para-hydroxylation sites is 2. The monoisotopic (exact) mass is 254 g/mol. The quantitative estimate of drug-likeness (QED) is 0.795. The predicted molar refractivity (Wildman–Crippen MR) is 74.1 cm³/mol. The zero-order valence-corrected chi connectivity index (χ0v) is 10.5. The third-order valence-electron chi connectivity index (χ3n) is 3.27. The number of carbonyl (C=O) groups excluding carboxylic acids is 1. The van der Waals surface area contributed by atoms with Crippen molar-refractivity contribution in [2.24, 2.45) is 0 Å². The fraction of sp³-hybridized carbons (Fsp3) is 0.133. The molecule has 2 N–H and O–H groups in total. The Morgan fingerprint density at radius 3 is 2.53 bits per heavy atom. The van der Waals surface area contributed by atoms with E-state index < -0.39 is 6.10 Å². The van der Waals surface area contributed by atoms with Gasteiger partial charge < -0.3 is 15.4 Å². The molecule has 0 radical (unpaired) electrons. The van der Waals surface area contributed by atoms with E-state index in [1.54, 1.807) is 24.1 Å². The van der Waals surface area contributed by atoms with E-state index in [1.165, 1.54) is 0 Å². The van der Waals surface area contributed by atoms with Gasteiger partial charge in [-0.2, -0.15) is 0 Å². The number of likely N-dealkylation sites (N-methyl/N-ethyl adjacent to an activating group) is 1. The van der Waals surface area contributed by atoms with Crippen LogP contribution in [0, 0.1) is 0 Å². The van der Waals surface area contributed by atoms with E-state index in [1.807, 2.05) is 36.4 Å². The molecule has 1 unspecified atom stereocenters. The molecule has 1 atom stereocenters. The number of hydrogen-bond donors (Lipinski definition) is 1. The molecule has 4 nitrogen and oxygen atoms in total. The SMILES string of the molecule is CN1C(=O)C(c2ccc(N)cc2)Oc2ccccc21. The van der Waals surface area contributed by atoms with Crippen LogP contribution in [0.2, 0.25) is 0 Å². The van der Waals surface area contributed by atoms with Crippen molar-refractivity contribution < 1.29 is 9.53 Å². The second kappa shape index (κ2) is 4.31. The standard InChI is InChI=1S/C15H14N2O2/c1-17-12-4-2-3-5-13(12)19-14(15(17)18)10-6-8-11(16)9-7-10/h2-9,14H,16H2,1H3. The lowest BCUT2D eigenvalue weighted by molar-refractivity contribution is -0.126. The number of amides is 1. The molecule has 2 aromatic carbocycles. The maximum atomic E-state index is 12.3. The normalized spacial score (nSPS) is 17.8. The lowest BCUT2D eigenvalue weighted by Crippen LogP contribution is -2.38. The summed E-state index contributed by atoms with van der Waals surface area (Å²) in [6, 6.07) is 14.7. The number of hydrogen-bond acceptors (Lipinski definition) is 3. The van der Waals surface area contributed by atoms with Crippen LogP contribution in [-0.4, -0.2) is 13.0 Å². The van der Waals surface area contributed by atoms with E-state index >= 15 is 0 Å². The van der Waals surface area contributed by atoms with Gasteiger partial charge in [0.05, 0.1) is 5.69 Å². The Hall–Kier alpha value is -2.49. The highest BCUT2D eigenvalue weighted by atomic mass is 16.5. The summed E-state index contributed by atoms with van der Waals surface area (Å²) in [5.74, 6) is 0.634. The Morgan fingerprint density at radius 2 is 1.79 bits per heavy atom. The lowest BCUT2D eigenvalue weighted by Gasteiger charge is -2.32. The van der Waals surface area contributed by atoms with Crippen molar-refractivity contribution in [1.82, 2.24) is 0 Å². The van der Waals surface area contributed by atoms with Gasteiger partial charge in [-0.15, -0.1) is 0 Å². The van der Waals surface area contributed by atoms with Crippen molar-refractivity contribution in [1.29, 1.82) is 0 Å². The van der Waals surface area contributed by atoms with E-state index in [0.29, 0.717) is 11.4 Å². The summed E-state index contributed by atoms with van der Waals surface area (Å²) in [5, 5.41) is 0. The molecular weight excluding hydrogens is 240 g/mol. The van der Waals surface area contributed by atoms with Crippen molar-refractivity contribution in [3.05, 3.63) is 54.1 Å². The molecule has 0 aliphatic carbocycles. The van der Waals surface area contributed by atoms with Crippen LogP contribution in [0.5, 0.6) is 5.75 Å². The average Bonchev–Trinajstić information content (AvgIpc) is 2.44. The van der Waals surface area contributed by atoms with Crippen LogP contribution in [0.1, 0.15) is 11.7 Å². The Bertz CT molecular complexity index is 622. The minimum Gasteiger partial charge on any atom is -0.474 e. The van der Waals surface area contributed by atoms with Crippen LogP contribution in [0.15, 0.2) is 48.5 Å². The van der Waals surface area contributed by atoms with Gasteiger partial charge in [0.2, 0.25) is 6.10 Å². The van der Waals surface area contributed by atoms with Gasteiger partial charge >= 0.3 is 0 Å². The molecule has 0 spiro atoms. The number of nitrogens with two attached hydrogens (primary N) is 1. The number of fused-ring (bicyclic) bond motifs is 1. The van der Waals surface area contributed by atoms with Gasteiger partial charge in [-0.3, -0.25) is 4.79 Å². The van der Waals surface area contributed by atoms with Crippen molar-refractivity contribution in [3.8, 4) is 5.75 Å². The van der Waals surface area contributed by atoms with Crippen molar-refractivity contribution in [3.63, 3.8) is 0 Å². The first kappa shape index (κ1) is 11.6. The minimum absolute atomic E-state index is 0.0801. The lowest BCUT2D eigenvalue weighted by atomic mass is 10.1. The highest BCUT2D eigenvalue weighted by Gasteiger charge is 2.33. The van der Waals surface area contributed by atoms with Gasteiger partial charge in [0, 0.05) is 18.3 Å². The number of rotatable bonds is 1. The number of nitrogen functional groups attached to an aromatic ring is 1. The number of carbonyl (C=O) groups is 1. The molecular formula is C15H14N2O2. The van der Waals surface area contributed by atoms with Crippen LogP contribution in [0.25, 0.3) is 0 Å². The highest BCUT2D eigenvalue weighted by Crippen LogP contribution is 2.37. The van der Waals surface area contributed by atoms with Gasteiger partial charge in [0.15, 0.2) is 0 Å². The van der Waals surface area contributed by atoms with Gasteiger partial charge in [-0.05, 0) is 24.3 Å². The van der Waals surface area contributed by atoms with E-state index in [9.17, 15) is 4.79 Å². The Morgan fingerprint density at radius 1 is 1.11 bits per heavy atom. The first-order chi connectivity index (χ1) is 9.16. The summed E-state index contributed by atoms with van der Waals surface area (Å²) in [6.07, 6.45) is -0.611. The van der Waals surface area contributed by atoms with Gasteiger partial charge in [-0.1, -0.05) is 24.3 Å². The fourth-order valence-electron chi connectivity index (χ4n) is 2.19. The molecule has 3 rings (SSSR count). The third kappa shape index (κ3) is 1.91. The molecule has 4 heteroatoms. The van der Waals surface area contributed by atoms with E-state index in [2.05, 4.69) is 0 Å². The van der Waals surface area contributed by atoms with E-state index in [0.717, 1.165) is 11.3 Å².